The Balaban J connectivity index is 1.94. The van der Waals surface area contributed by atoms with Gasteiger partial charge in [-0.2, -0.15) is 0 Å². The summed E-state index contributed by atoms with van der Waals surface area (Å²) < 4.78 is 12.3. The van der Waals surface area contributed by atoms with Crippen molar-refractivity contribution in [3.05, 3.63) is 25.3 Å². The number of nitrogens with one attached hydrogen (secondary N) is 1. The number of allylic oxidation sites excluding steroid dienone is 1. The molecule has 3 rings (SSSR count). The van der Waals surface area contributed by atoms with Gasteiger partial charge in [0.25, 0.3) is 0 Å². The van der Waals surface area contributed by atoms with Crippen molar-refractivity contribution in [1.29, 1.82) is 0 Å². The van der Waals surface area contributed by atoms with Crippen LogP contribution in [-0.4, -0.2) is 93.7 Å². The van der Waals surface area contributed by atoms with E-state index in [1.807, 2.05) is 34.6 Å². The molecule has 2 bridgehead atoms. The molecule has 0 radical (unpaired) electrons. The Labute approximate surface area is 244 Å². The Morgan fingerprint density at radius 2 is 1.93 bits per heavy atom. The SMILES string of the molecule is C=CCCC(=O)NC[C@H](C)OC(=O)[C@@H]1[C@H]2C(=O)N([C@@H](CO)CC(C)C)[C@H](C(=O)N(CC=C)C(C)(C)C)[C@]23CC[C@H]1O3. The summed E-state index contributed by atoms with van der Waals surface area (Å²) in [4.78, 5) is 57.5. The van der Waals surface area contributed by atoms with E-state index >= 15 is 0 Å². The van der Waals surface area contributed by atoms with Gasteiger partial charge in [-0.15, -0.1) is 13.2 Å². The molecular weight excluding hydrogens is 526 g/mol. The average molecular weight is 576 g/mol. The number of amides is 3. The van der Waals surface area contributed by atoms with Crippen LogP contribution in [0.15, 0.2) is 25.3 Å². The zero-order chi connectivity index (χ0) is 30.7. The predicted octanol–water partition coefficient (Wildman–Crippen LogP) is 2.60. The van der Waals surface area contributed by atoms with Crippen LogP contribution in [-0.2, 0) is 28.7 Å². The molecule has 2 N–H and O–H groups in total. The lowest BCUT2D eigenvalue weighted by molar-refractivity contribution is -0.160. The van der Waals surface area contributed by atoms with Crippen molar-refractivity contribution in [3.63, 3.8) is 0 Å². The van der Waals surface area contributed by atoms with E-state index in [0.717, 1.165) is 0 Å². The van der Waals surface area contributed by atoms with Crippen molar-refractivity contribution in [2.24, 2.45) is 17.8 Å². The molecule has 41 heavy (non-hydrogen) atoms. The zero-order valence-corrected chi connectivity index (χ0v) is 25.6. The predicted molar refractivity (Wildman–Crippen MR) is 154 cm³/mol. The highest BCUT2D eigenvalue weighted by molar-refractivity contribution is 5.98. The average Bonchev–Trinajstić information content (AvgIpc) is 3.54. The standard InChI is InChI=1S/C31H49N3O7/c1-9-11-12-23(36)32-17-20(5)40-29(39)24-22-13-14-31(41-22)25(24)27(37)34(21(18-35)16-19(3)4)26(31)28(38)33(15-10-2)30(6,7)8/h9-10,19-22,24-26,35H,1-2,11-18H2,3-8H3,(H,32,36)/t20-,21+,22+,24-,25-,26+,31-/m0/s1. The molecular formula is C31H49N3O7. The van der Waals surface area contributed by atoms with Crippen LogP contribution in [0, 0.1) is 17.8 Å². The molecule has 3 heterocycles. The molecule has 3 aliphatic rings. The van der Waals surface area contributed by atoms with Gasteiger partial charge in [0, 0.05) is 18.5 Å². The van der Waals surface area contributed by atoms with Crippen LogP contribution < -0.4 is 5.32 Å². The van der Waals surface area contributed by atoms with Crippen LogP contribution in [0.25, 0.3) is 0 Å². The molecule has 10 nitrogen and oxygen atoms in total. The van der Waals surface area contributed by atoms with Crippen LogP contribution in [0.3, 0.4) is 0 Å². The fourth-order valence-electron chi connectivity index (χ4n) is 6.72. The third-order valence-corrected chi connectivity index (χ3v) is 8.46. The Bertz CT molecular complexity index is 1020. The van der Waals surface area contributed by atoms with Crippen LogP contribution in [0.2, 0.25) is 0 Å². The highest BCUT2D eigenvalue weighted by atomic mass is 16.6. The number of likely N-dealkylation sites (tertiary alicyclic amines) is 1. The van der Waals surface area contributed by atoms with E-state index in [1.165, 1.54) is 4.90 Å². The normalized spacial score (nSPS) is 28.3. The van der Waals surface area contributed by atoms with Gasteiger partial charge in [0.2, 0.25) is 17.7 Å². The summed E-state index contributed by atoms with van der Waals surface area (Å²) in [5.74, 6) is -2.99. The number of carbonyl (C=O) groups excluding carboxylic acids is 4. The number of hydrogen-bond donors (Lipinski definition) is 2. The first-order valence-electron chi connectivity index (χ1n) is 14.8. The van der Waals surface area contributed by atoms with Crippen LogP contribution in [0.1, 0.15) is 73.6 Å². The minimum atomic E-state index is -1.19. The molecule has 3 saturated heterocycles. The number of hydrogen-bond acceptors (Lipinski definition) is 7. The summed E-state index contributed by atoms with van der Waals surface area (Å²) >= 11 is 0. The molecule has 1 spiro atoms. The molecule has 3 fully saturated rings. The van der Waals surface area contributed by atoms with Crippen molar-refractivity contribution in [1.82, 2.24) is 15.1 Å². The van der Waals surface area contributed by atoms with Gasteiger partial charge in [0.1, 0.15) is 17.7 Å². The van der Waals surface area contributed by atoms with Crippen LogP contribution in [0.5, 0.6) is 0 Å². The maximum Gasteiger partial charge on any atom is 0.312 e. The van der Waals surface area contributed by atoms with E-state index in [9.17, 15) is 24.3 Å². The molecule has 0 aromatic rings. The number of fused-ring (bicyclic) bond motifs is 1. The van der Waals surface area contributed by atoms with Gasteiger partial charge < -0.3 is 29.7 Å². The number of rotatable bonds is 14. The lowest BCUT2D eigenvalue weighted by Gasteiger charge is -2.43. The van der Waals surface area contributed by atoms with E-state index in [4.69, 9.17) is 9.47 Å². The second-order valence-electron chi connectivity index (χ2n) is 13.1. The van der Waals surface area contributed by atoms with Gasteiger partial charge in [-0.05, 0) is 59.3 Å². The monoisotopic (exact) mass is 575 g/mol. The number of esters is 1. The Hall–Kier alpha value is -2.72. The summed E-state index contributed by atoms with van der Waals surface area (Å²) in [6.07, 6.45) is 4.45. The van der Waals surface area contributed by atoms with E-state index in [1.54, 1.807) is 24.0 Å². The number of aliphatic hydroxyl groups is 1. The number of ether oxygens (including phenoxy) is 2. The van der Waals surface area contributed by atoms with Crippen molar-refractivity contribution < 1.29 is 33.8 Å². The maximum absolute atomic E-state index is 14.4. The van der Waals surface area contributed by atoms with Gasteiger partial charge in [-0.3, -0.25) is 19.2 Å². The number of aliphatic hydroxyl groups excluding tert-OH is 1. The molecule has 10 heteroatoms. The van der Waals surface area contributed by atoms with E-state index in [-0.39, 0.29) is 43.3 Å². The second-order valence-corrected chi connectivity index (χ2v) is 13.1. The minimum absolute atomic E-state index is 0.139. The van der Waals surface area contributed by atoms with Crippen molar-refractivity contribution in [3.8, 4) is 0 Å². The third kappa shape index (κ3) is 6.53. The summed E-state index contributed by atoms with van der Waals surface area (Å²) in [5.41, 5.74) is -1.76. The second kappa shape index (κ2) is 13.1. The molecule has 7 atom stereocenters. The topological polar surface area (TPSA) is 125 Å². The quantitative estimate of drug-likeness (QED) is 0.241. The minimum Gasteiger partial charge on any atom is -0.460 e. The number of carbonyl (C=O) groups is 4. The van der Waals surface area contributed by atoms with Gasteiger partial charge in [0.05, 0.1) is 37.1 Å². The molecule has 3 amide bonds. The van der Waals surface area contributed by atoms with Gasteiger partial charge in [0.15, 0.2) is 0 Å². The molecule has 0 unspecified atom stereocenters. The molecule has 230 valence electrons. The smallest absolute Gasteiger partial charge is 0.312 e. The molecule has 0 aromatic heterocycles. The first-order chi connectivity index (χ1) is 19.2. The third-order valence-electron chi connectivity index (χ3n) is 8.46. The van der Waals surface area contributed by atoms with E-state index in [0.29, 0.717) is 32.1 Å². The first kappa shape index (κ1) is 32.8. The van der Waals surface area contributed by atoms with Crippen molar-refractivity contribution >= 4 is 23.7 Å². The lowest BCUT2D eigenvalue weighted by Crippen LogP contribution is -2.61. The highest BCUT2D eigenvalue weighted by Gasteiger charge is 2.75. The highest BCUT2D eigenvalue weighted by Crippen LogP contribution is 2.59. The summed E-state index contributed by atoms with van der Waals surface area (Å²) in [6.45, 7) is 19.0. The van der Waals surface area contributed by atoms with Crippen LogP contribution >= 0.6 is 0 Å². The van der Waals surface area contributed by atoms with E-state index < -0.39 is 53.2 Å². The number of nitrogens with zero attached hydrogens (tertiary/aromatic N) is 2. The van der Waals surface area contributed by atoms with Gasteiger partial charge >= 0.3 is 5.97 Å². The molecule has 0 saturated carbocycles. The lowest BCUT2D eigenvalue weighted by atomic mass is 9.70. The van der Waals surface area contributed by atoms with Crippen molar-refractivity contribution in [2.45, 2.75) is 109 Å². The van der Waals surface area contributed by atoms with Crippen molar-refractivity contribution in [2.75, 3.05) is 19.7 Å². The Kier molecular flexibility index (Phi) is 10.5. The first-order valence-corrected chi connectivity index (χ1v) is 14.8. The fraction of sp³-hybridized carbons (Fsp3) is 0.742. The molecule has 0 aliphatic carbocycles. The van der Waals surface area contributed by atoms with Gasteiger partial charge in [-0.25, -0.2) is 0 Å². The summed E-state index contributed by atoms with van der Waals surface area (Å²) in [6, 6.07) is -1.59. The summed E-state index contributed by atoms with van der Waals surface area (Å²) in [5, 5.41) is 13.2. The van der Waals surface area contributed by atoms with Gasteiger partial charge in [-0.1, -0.05) is 26.0 Å². The molecule has 3 aliphatic heterocycles. The maximum atomic E-state index is 14.4. The largest absolute Gasteiger partial charge is 0.460 e. The summed E-state index contributed by atoms with van der Waals surface area (Å²) in [7, 11) is 0. The Morgan fingerprint density at radius 3 is 2.49 bits per heavy atom. The fourth-order valence-corrected chi connectivity index (χ4v) is 6.72. The zero-order valence-electron chi connectivity index (χ0n) is 25.6. The molecule has 0 aromatic carbocycles. The van der Waals surface area contributed by atoms with Crippen LogP contribution in [0.4, 0.5) is 0 Å². The Morgan fingerprint density at radius 1 is 1.24 bits per heavy atom. The van der Waals surface area contributed by atoms with E-state index in [2.05, 4.69) is 18.5 Å².